The van der Waals surface area contributed by atoms with E-state index in [0.29, 0.717) is 73.3 Å². The molecule has 548 valence electrons. The van der Waals surface area contributed by atoms with Gasteiger partial charge in [0.15, 0.2) is 0 Å². The van der Waals surface area contributed by atoms with Gasteiger partial charge >= 0.3 is 0 Å². The zero-order chi connectivity index (χ0) is 69.8. The van der Waals surface area contributed by atoms with Gasteiger partial charge in [-0.25, -0.2) is 42.4 Å². The number of likely N-dealkylation sites (tertiary alicyclic amines) is 1. The Morgan fingerprint density at radius 3 is 0.902 bits per heavy atom. The van der Waals surface area contributed by atoms with Crippen LogP contribution < -0.4 is 0 Å². The van der Waals surface area contributed by atoms with Gasteiger partial charge in [-0.15, -0.1) is 0 Å². The van der Waals surface area contributed by atoms with Crippen LogP contribution in [0.1, 0.15) is 202 Å². The predicted octanol–water partition coefficient (Wildman–Crippen LogP) is 7.68. The van der Waals surface area contributed by atoms with Crippen LogP contribution in [0.15, 0.2) is 0 Å². The Morgan fingerprint density at radius 2 is 0.685 bits per heavy atom. The minimum Gasteiger partial charge on any atom is -0.379 e. The summed E-state index contributed by atoms with van der Waals surface area (Å²) in [5, 5.41) is 0. The molecule has 0 aromatic heterocycles. The number of hydrogen-bond acceptors (Lipinski definition) is 15. The lowest BCUT2D eigenvalue weighted by Gasteiger charge is -2.57. The topological polar surface area (TPSA) is 210 Å². The Morgan fingerprint density at radius 1 is 0.315 bits per heavy atom. The van der Waals surface area contributed by atoms with E-state index in [4.69, 9.17) is 13.7 Å². The van der Waals surface area contributed by atoms with Crippen LogP contribution in [-0.4, -0.2) is 290 Å². The zero-order valence-electron chi connectivity index (χ0n) is 61.0. The van der Waals surface area contributed by atoms with Crippen LogP contribution in [-0.2, 0) is 73.1 Å². The highest BCUT2D eigenvalue weighted by molar-refractivity contribution is 7.99. The number of rotatable bonds is 9. The molecule has 0 radical (unpaired) electrons. The first-order valence-electron chi connectivity index (χ1n) is 34.9. The molecule has 9 aliphatic heterocycles. The third-order valence-corrected chi connectivity index (χ3v) is 31.6. The second kappa shape index (κ2) is 38.3. The quantitative estimate of drug-likeness (QED) is 0.203. The first-order chi connectivity index (χ1) is 42.5. The average Bonchev–Trinajstić information content (AvgIpc) is 1.07. The molecular weight excluding hydrogens is 1290 g/mol. The Balaban J connectivity index is 0.000000270. The molecule has 0 bridgehead atoms. The number of morpholine rings is 2. The highest BCUT2D eigenvalue weighted by Gasteiger charge is 2.48. The van der Waals surface area contributed by atoms with Crippen molar-refractivity contribution in [3.63, 3.8) is 0 Å². The first kappa shape index (κ1) is 85.7. The van der Waals surface area contributed by atoms with Crippen molar-refractivity contribution in [2.75, 3.05) is 134 Å². The van der Waals surface area contributed by atoms with Crippen LogP contribution in [0, 0.1) is 5.41 Å². The van der Waals surface area contributed by atoms with Crippen LogP contribution in [0.4, 0.5) is 0 Å². The molecule has 11 aliphatic rings. The summed E-state index contributed by atoms with van der Waals surface area (Å²) in [7, 11) is -14.7. The van der Waals surface area contributed by atoms with E-state index in [1.165, 1.54) is 51.7 Å². The molecule has 0 amide bonds. The van der Waals surface area contributed by atoms with Gasteiger partial charge in [-0.1, -0.05) is 6.42 Å². The van der Waals surface area contributed by atoms with E-state index in [1.807, 2.05) is 77.8 Å². The van der Waals surface area contributed by atoms with Crippen LogP contribution in [0.25, 0.3) is 0 Å². The number of hydrogen-bond donors (Lipinski definition) is 0. The number of nitrogens with zero attached hydrogens (tertiary/aromatic N) is 9. The van der Waals surface area contributed by atoms with Crippen LogP contribution in [0.5, 0.6) is 0 Å². The summed E-state index contributed by atoms with van der Waals surface area (Å²) in [6.07, 6.45) is 13.6. The van der Waals surface area contributed by atoms with E-state index in [9.17, 15) is 37.9 Å². The van der Waals surface area contributed by atoms with Crippen molar-refractivity contribution in [1.82, 2.24) is 40.5 Å². The van der Waals surface area contributed by atoms with Crippen molar-refractivity contribution in [3.05, 3.63) is 0 Å². The first-order valence-corrected chi connectivity index (χ1v) is 45.1. The van der Waals surface area contributed by atoms with Crippen molar-refractivity contribution < 1.29 is 51.5 Å². The monoisotopic (exact) mass is 1430 g/mol. The maximum atomic E-state index is 11.6. The van der Waals surface area contributed by atoms with Gasteiger partial charge in [0.2, 0.25) is 30.1 Å². The largest absolute Gasteiger partial charge is 0.379 e. The van der Waals surface area contributed by atoms with Crippen molar-refractivity contribution in [1.29, 1.82) is 0 Å². The molecule has 2 spiro atoms. The average molecular weight is 1430 g/mol. The lowest BCUT2D eigenvalue weighted by molar-refractivity contribution is -0.0758. The molecule has 2 aliphatic carbocycles. The minimum atomic E-state index is -2.89. The molecule has 0 N–H and O–H groups in total. The van der Waals surface area contributed by atoms with Gasteiger partial charge in [-0.05, 0) is 218 Å². The fourth-order valence-corrected chi connectivity index (χ4v) is 23.3. The van der Waals surface area contributed by atoms with Gasteiger partial charge in [-0.2, -0.15) is 12.9 Å². The van der Waals surface area contributed by atoms with Gasteiger partial charge < -0.3 is 9.47 Å². The Kier molecular flexibility index (Phi) is 35.7. The van der Waals surface area contributed by atoms with E-state index < -0.39 is 59.5 Å². The summed E-state index contributed by atoms with van der Waals surface area (Å²) in [6.45, 7) is 52.7. The summed E-state index contributed by atoms with van der Waals surface area (Å²) in [5.74, 6) is 13.4. The van der Waals surface area contributed by atoms with Gasteiger partial charge in [-0.3, -0.25) is 27.3 Å². The molecule has 0 aromatic rings. The van der Waals surface area contributed by atoms with Gasteiger partial charge in [0, 0.05) is 164 Å². The summed E-state index contributed by atoms with van der Waals surface area (Å²) in [4.78, 5) is 7.54. The maximum Gasteiger partial charge on any atom is 0.214 e. The Labute approximate surface area is 566 Å². The molecule has 3 unspecified atom stereocenters. The lowest BCUT2D eigenvalue weighted by Crippen LogP contribution is -2.61. The minimum absolute atomic E-state index is 0.125. The lowest BCUT2D eigenvalue weighted by atomic mass is 9.63. The fraction of sp³-hybridized carbons (Fsp3) is 0.954. The van der Waals surface area contributed by atoms with Crippen LogP contribution >= 0.6 is 0 Å². The molecule has 92 heavy (non-hydrogen) atoms. The normalized spacial score (nSPS) is 29.6. The molecule has 11 rings (SSSR count). The summed E-state index contributed by atoms with van der Waals surface area (Å²) in [6, 6.07) is 3.57. The van der Waals surface area contributed by atoms with E-state index in [0.717, 1.165) is 127 Å². The maximum absolute atomic E-state index is 11.6. The molecule has 9 heterocycles. The van der Waals surface area contributed by atoms with Crippen LogP contribution in [0.2, 0.25) is 0 Å². The van der Waals surface area contributed by atoms with Gasteiger partial charge in [0.25, 0.3) is 0 Å². The van der Waals surface area contributed by atoms with E-state index in [1.54, 1.807) is 17.2 Å². The van der Waals surface area contributed by atoms with E-state index >= 15 is 0 Å². The summed E-state index contributed by atoms with van der Waals surface area (Å²) < 4.78 is 129. The number of ether oxygens (including phenoxy) is 2. The Bertz CT molecular complexity index is 2670. The van der Waals surface area contributed by atoms with Crippen molar-refractivity contribution in [2.24, 2.45) is 5.41 Å². The van der Waals surface area contributed by atoms with E-state index in [-0.39, 0.29) is 24.2 Å². The highest BCUT2D eigenvalue weighted by Crippen LogP contribution is 2.48. The Hall–Kier alpha value is -0.570. The third kappa shape index (κ3) is 27.9. The summed E-state index contributed by atoms with van der Waals surface area (Å²) >= 11 is 0. The van der Waals surface area contributed by atoms with Gasteiger partial charge in [0.05, 0.1) is 49.3 Å². The van der Waals surface area contributed by atoms with Gasteiger partial charge in [0.1, 0.15) is 9.99 Å². The molecule has 21 nitrogen and oxygen atoms in total. The zero-order valence-corrected chi connectivity index (χ0v) is 65.9. The SMILES string of the molecule is C=S1(=O)CCCN1C(C)C.C=S1(=O)CCN1C(C)C.C=S1(=O)OCCN1C(C)C.CC(C)N1CC2(CCC2)C1.CC(C)N1CCCCS1(=O)=O.CC(C)N1CCCCS1(=O)=O.CC(C)N1CCCCS1(=O)=O.CC(C)N1CCOC2(CC2)C1.CC(C)N1CCOCC1. The van der Waals surface area contributed by atoms with Crippen LogP contribution in [0.3, 0.4) is 0 Å². The fourth-order valence-electron chi connectivity index (χ4n) is 12.6. The molecule has 27 heteroatoms. The molecule has 2 saturated carbocycles. The second-order valence-electron chi connectivity index (χ2n) is 29.3. The molecule has 9 saturated heterocycles. The second-order valence-corrected chi connectivity index (χ2v) is 42.1. The summed E-state index contributed by atoms with van der Waals surface area (Å²) in [5.41, 5.74) is 1.13. The number of sulfonamides is 3. The highest BCUT2D eigenvalue weighted by atomic mass is 32.2. The smallest absolute Gasteiger partial charge is 0.214 e. The molecule has 3 atom stereocenters. The van der Waals surface area contributed by atoms with Crippen molar-refractivity contribution in [3.8, 4) is 0 Å². The standard InChI is InChI=1S/C9H17NO.C9H17N.3C7H15NO2S.C7H15NOS.C7H15NO.C6H13NO2S.C6H13NOS/c1-8(2)10-5-6-11-9(7-10)3-4-9;1-8(2)10-6-9(7-10)4-3-5-9;3*1-7(2)8-5-3-4-6-11(8,9)10;1-7(2)8-5-4-6-10(8,3)9;1-7(2)8-3-5-9-6-4-8;1-6(2)7-4-5-9-10(7,3)8;1-6(2)7-4-5-9(7,3)8/h8H,3-7H2,1-2H3;8H,3-7H2,1-2H3;3*7H,3-6H2,1-2H3;7H,3-6H2,1-2H3;7H,3-6H2,1-2H3;6H,3-5H2,1-2H3;6H,3-5H2,1-2H3. The third-order valence-electron chi connectivity index (χ3n) is 18.7. The molecular formula is C65H135N9O12S6. The molecule has 0 aromatic carbocycles. The predicted molar refractivity (Wildman–Crippen MR) is 391 cm³/mol. The van der Waals surface area contributed by atoms with Crippen molar-refractivity contribution in [2.45, 2.75) is 262 Å². The van der Waals surface area contributed by atoms with E-state index in [2.05, 4.69) is 87.7 Å². The molecule has 11 fully saturated rings. The van der Waals surface area contributed by atoms with Crippen molar-refractivity contribution >= 4 is 77.1 Å².